The first-order chi connectivity index (χ1) is 12.0. The molecule has 0 unspecified atom stereocenters. The fourth-order valence-electron chi connectivity index (χ4n) is 3.65. The van der Waals surface area contributed by atoms with Crippen LogP contribution in [0.1, 0.15) is 33.8 Å². The van der Waals surface area contributed by atoms with Crippen molar-refractivity contribution in [1.29, 1.82) is 0 Å². The highest BCUT2D eigenvalue weighted by molar-refractivity contribution is 6.02. The Bertz CT molecular complexity index is 1130. The molecule has 2 aromatic heterocycles. The van der Waals surface area contributed by atoms with Gasteiger partial charge in [0.2, 0.25) is 0 Å². The lowest BCUT2D eigenvalue weighted by Crippen LogP contribution is -2.38. The Morgan fingerprint density at radius 2 is 1.72 bits per heavy atom. The van der Waals surface area contributed by atoms with Crippen LogP contribution in [-0.4, -0.2) is 19.9 Å². The molecule has 0 fully saturated rings. The second-order valence-corrected chi connectivity index (χ2v) is 6.49. The van der Waals surface area contributed by atoms with Gasteiger partial charge < -0.3 is 0 Å². The van der Waals surface area contributed by atoms with Crippen LogP contribution in [0, 0.1) is 0 Å². The third-order valence-electron chi connectivity index (χ3n) is 5.03. The molecule has 126 valence electrons. The molecule has 1 aliphatic carbocycles. The minimum absolute atomic E-state index is 0.0135. The van der Waals surface area contributed by atoms with E-state index in [0.29, 0.717) is 35.0 Å². The van der Waals surface area contributed by atoms with Crippen molar-refractivity contribution in [2.45, 2.75) is 18.8 Å². The van der Waals surface area contributed by atoms with Gasteiger partial charge in [0.15, 0.2) is 5.78 Å². The number of aromatic nitrogens is 3. The maximum Gasteiger partial charge on any atom is 0.332 e. The lowest BCUT2D eigenvalue weighted by Gasteiger charge is -2.25. The van der Waals surface area contributed by atoms with Gasteiger partial charge in [-0.05, 0) is 23.5 Å². The van der Waals surface area contributed by atoms with Gasteiger partial charge in [-0.3, -0.25) is 18.7 Å². The van der Waals surface area contributed by atoms with Crippen molar-refractivity contribution in [3.8, 4) is 0 Å². The average molecular weight is 335 g/mol. The average Bonchev–Trinajstić information content (AvgIpc) is 2.64. The molecule has 6 nitrogen and oxygen atoms in total. The Kier molecular flexibility index (Phi) is 3.42. The van der Waals surface area contributed by atoms with Crippen molar-refractivity contribution in [2.75, 3.05) is 0 Å². The standard InChI is InChI=1S/C19H17N3O3/c1-21-17-16(18(24)22(2)19(21)25)13-8-12(11-6-4-3-5-7-11)9-15(23)14(13)10-20-17/h3-7,10,12H,8-9H2,1-2H3/t12-/m1/s1. The molecule has 1 atom stereocenters. The van der Waals surface area contributed by atoms with E-state index in [4.69, 9.17) is 0 Å². The van der Waals surface area contributed by atoms with Crippen LogP contribution in [-0.2, 0) is 20.5 Å². The molecule has 1 aliphatic rings. The van der Waals surface area contributed by atoms with E-state index < -0.39 is 11.2 Å². The molecule has 2 heterocycles. The number of Topliss-reactive ketones (excluding diaryl/α,β-unsaturated/α-hetero) is 1. The molecule has 4 rings (SSSR count). The Hall–Kier alpha value is -3.02. The summed E-state index contributed by atoms with van der Waals surface area (Å²) in [6, 6.07) is 9.83. The van der Waals surface area contributed by atoms with Crippen molar-refractivity contribution in [1.82, 2.24) is 14.1 Å². The summed E-state index contributed by atoms with van der Waals surface area (Å²) in [5, 5.41) is 0.371. The van der Waals surface area contributed by atoms with Crippen LogP contribution in [0.3, 0.4) is 0 Å². The molecule has 3 aromatic rings. The third kappa shape index (κ3) is 2.25. The third-order valence-corrected chi connectivity index (χ3v) is 5.03. The van der Waals surface area contributed by atoms with Crippen LogP contribution < -0.4 is 11.2 Å². The molecule has 0 saturated heterocycles. The van der Waals surface area contributed by atoms with Gasteiger partial charge in [-0.2, -0.15) is 0 Å². The number of aryl methyl sites for hydroxylation is 1. The van der Waals surface area contributed by atoms with Crippen LogP contribution in [0.5, 0.6) is 0 Å². The number of hydrogen-bond acceptors (Lipinski definition) is 4. The number of fused-ring (bicyclic) bond motifs is 3. The summed E-state index contributed by atoms with van der Waals surface area (Å²) in [6.45, 7) is 0. The van der Waals surface area contributed by atoms with E-state index in [9.17, 15) is 14.4 Å². The van der Waals surface area contributed by atoms with E-state index in [1.54, 1.807) is 7.05 Å². The van der Waals surface area contributed by atoms with Gasteiger partial charge in [-0.25, -0.2) is 9.78 Å². The van der Waals surface area contributed by atoms with Crippen molar-refractivity contribution in [2.24, 2.45) is 14.1 Å². The van der Waals surface area contributed by atoms with Gasteiger partial charge in [0.1, 0.15) is 5.65 Å². The number of carbonyl (C=O) groups is 1. The molecule has 0 amide bonds. The van der Waals surface area contributed by atoms with E-state index in [2.05, 4.69) is 4.98 Å². The number of ketones is 1. The second-order valence-electron chi connectivity index (χ2n) is 6.49. The van der Waals surface area contributed by atoms with Gasteiger partial charge in [0.25, 0.3) is 5.56 Å². The minimum atomic E-state index is -0.424. The number of nitrogens with zero attached hydrogens (tertiary/aromatic N) is 3. The summed E-state index contributed by atoms with van der Waals surface area (Å²) in [6.07, 6.45) is 2.48. The molecule has 0 N–H and O–H groups in total. The maximum absolute atomic E-state index is 12.7. The molecule has 0 saturated carbocycles. The summed E-state index contributed by atoms with van der Waals surface area (Å²) >= 11 is 0. The molecule has 6 heteroatoms. The first-order valence-electron chi connectivity index (χ1n) is 8.14. The van der Waals surface area contributed by atoms with Crippen LogP contribution in [0.2, 0.25) is 0 Å². The zero-order valence-corrected chi connectivity index (χ0v) is 14.0. The van der Waals surface area contributed by atoms with Crippen molar-refractivity contribution < 1.29 is 4.79 Å². The molecule has 25 heavy (non-hydrogen) atoms. The summed E-state index contributed by atoms with van der Waals surface area (Å²) < 4.78 is 2.43. The number of carbonyl (C=O) groups excluding carboxylic acids is 1. The number of rotatable bonds is 1. The highest BCUT2D eigenvalue weighted by Crippen LogP contribution is 2.34. The molecule has 1 aromatic carbocycles. The van der Waals surface area contributed by atoms with E-state index in [0.717, 1.165) is 10.1 Å². The Balaban J connectivity index is 2.01. The van der Waals surface area contributed by atoms with Gasteiger partial charge in [-0.1, -0.05) is 30.3 Å². The van der Waals surface area contributed by atoms with E-state index in [1.165, 1.54) is 17.8 Å². The van der Waals surface area contributed by atoms with Crippen LogP contribution in [0.15, 0.2) is 46.1 Å². The highest BCUT2D eigenvalue weighted by atomic mass is 16.2. The first kappa shape index (κ1) is 15.5. The Morgan fingerprint density at radius 3 is 2.44 bits per heavy atom. The van der Waals surface area contributed by atoms with Crippen molar-refractivity contribution in [3.63, 3.8) is 0 Å². The molecular formula is C19H17N3O3. The summed E-state index contributed by atoms with van der Waals surface area (Å²) in [5.41, 5.74) is 1.78. The zero-order chi connectivity index (χ0) is 17.7. The van der Waals surface area contributed by atoms with Gasteiger partial charge >= 0.3 is 5.69 Å². The fourth-order valence-corrected chi connectivity index (χ4v) is 3.65. The largest absolute Gasteiger partial charge is 0.332 e. The van der Waals surface area contributed by atoms with Crippen LogP contribution >= 0.6 is 0 Å². The maximum atomic E-state index is 12.7. The van der Waals surface area contributed by atoms with Gasteiger partial charge in [0, 0.05) is 32.3 Å². The molecule has 0 bridgehead atoms. The van der Waals surface area contributed by atoms with E-state index in [1.807, 2.05) is 30.3 Å². The van der Waals surface area contributed by atoms with Crippen molar-refractivity contribution in [3.05, 3.63) is 74.1 Å². The summed E-state index contributed by atoms with van der Waals surface area (Å²) in [5.74, 6) is 0.00847. The molecule has 0 radical (unpaired) electrons. The van der Waals surface area contributed by atoms with Crippen molar-refractivity contribution >= 4 is 16.8 Å². The van der Waals surface area contributed by atoms with E-state index in [-0.39, 0.29) is 11.7 Å². The molecule has 0 aliphatic heterocycles. The van der Waals surface area contributed by atoms with Crippen LogP contribution in [0.25, 0.3) is 11.0 Å². The topological polar surface area (TPSA) is 74.0 Å². The normalized spacial score (nSPS) is 16.9. The highest BCUT2D eigenvalue weighted by Gasteiger charge is 2.29. The van der Waals surface area contributed by atoms with E-state index >= 15 is 0 Å². The molecular weight excluding hydrogens is 318 g/mol. The number of pyridine rings is 1. The number of benzene rings is 1. The van der Waals surface area contributed by atoms with Gasteiger partial charge in [0.05, 0.1) is 5.39 Å². The predicted molar refractivity (Wildman–Crippen MR) is 94.1 cm³/mol. The predicted octanol–water partition coefficient (Wildman–Crippen LogP) is 1.54. The SMILES string of the molecule is Cn1c(=O)c2c3c(cnc2n(C)c1=O)C(=O)C[C@H](c1ccccc1)C3. The fraction of sp³-hybridized carbons (Fsp3) is 0.263. The lowest BCUT2D eigenvalue weighted by molar-refractivity contribution is 0.0964. The number of hydrogen-bond donors (Lipinski definition) is 0. The van der Waals surface area contributed by atoms with Gasteiger partial charge in [-0.15, -0.1) is 0 Å². The quantitative estimate of drug-likeness (QED) is 0.676. The monoisotopic (exact) mass is 335 g/mol. The summed E-state index contributed by atoms with van der Waals surface area (Å²) in [7, 11) is 3.03. The Morgan fingerprint density at radius 1 is 1.00 bits per heavy atom. The minimum Gasteiger partial charge on any atom is -0.294 e. The lowest BCUT2D eigenvalue weighted by atomic mass is 9.79. The summed E-state index contributed by atoms with van der Waals surface area (Å²) in [4.78, 5) is 41.7. The smallest absolute Gasteiger partial charge is 0.294 e. The molecule has 0 spiro atoms. The second kappa shape index (κ2) is 5.51. The zero-order valence-electron chi connectivity index (χ0n) is 14.0. The van der Waals surface area contributed by atoms with Crippen LogP contribution in [0.4, 0.5) is 0 Å². The first-order valence-corrected chi connectivity index (χ1v) is 8.14. The Labute approximate surface area is 143 Å².